The molecule has 0 amide bonds. The molecule has 0 spiro atoms. The van der Waals surface area contributed by atoms with E-state index in [9.17, 15) is 4.39 Å². The molecule has 12 heavy (non-hydrogen) atoms. The van der Waals surface area contributed by atoms with Gasteiger partial charge >= 0.3 is 0 Å². The van der Waals surface area contributed by atoms with E-state index < -0.39 is 12.1 Å². The molecule has 66 valence electrons. The monoisotopic (exact) mass is 186 g/mol. The van der Waals surface area contributed by atoms with Gasteiger partial charge in [0.25, 0.3) is 0 Å². The third-order valence-electron chi connectivity index (χ3n) is 2.24. The molecule has 2 unspecified atom stereocenters. The summed E-state index contributed by atoms with van der Waals surface area (Å²) in [6.07, 6.45) is 0.895. The zero-order valence-corrected chi connectivity index (χ0v) is 7.48. The van der Waals surface area contributed by atoms with Crippen molar-refractivity contribution in [3.63, 3.8) is 0 Å². The van der Waals surface area contributed by atoms with E-state index in [1.165, 1.54) is 5.49 Å². The van der Waals surface area contributed by atoms with Crippen molar-refractivity contribution in [2.24, 2.45) is 5.92 Å². The lowest BCUT2D eigenvalue weighted by Gasteiger charge is -2.27. The molecule has 1 saturated carbocycles. The average molecular weight is 186 g/mol. The Morgan fingerprint density at radius 1 is 1.58 bits per heavy atom. The average Bonchev–Trinajstić information content (AvgIpc) is 2.05. The maximum Gasteiger partial charge on any atom is 0.118 e. The Morgan fingerprint density at radius 3 is 2.83 bits per heavy atom. The lowest BCUT2D eigenvalue weighted by atomic mass is 9.85. The van der Waals surface area contributed by atoms with Crippen molar-refractivity contribution in [3.05, 3.63) is 0 Å². The van der Waals surface area contributed by atoms with Crippen molar-refractivity contribution in [2.75, 3.05) is 0 Å². The fourth-order valence-electron chi connectivity index (χ4n) is 1.51. The summed E-state index contributed by atoms with van der Waals surface area (Å²) in [6, 6.07) is 2.10. The van der Waals surface area contributed by atoms with E-state index in [0.29, 0.717) is 12.8 Å². The molecular formula is C8H11FN2S. The molecule has 0 heterocycles. The molecule has 1 aliphatic carbocycles. The Labute approximate surface area is 76.8 Å². The van der Waals surface area contributed by atoms with Crippen LogP contribution in [0.25, 0.3) is 0 Å². The van der Waals surface area contributed by atoms with E-state index in [1.54, 1.807) is 0 Å². The highest BCUT2D eigenvalue weighted by Crippen LogP contribution is 2.26. The topological polar surface area (TPSA) is 35.8 Å². The van der Waals surface area contributed by atoms with Gasteiger partial charge in [0, 0.05) is 6.04 Å². The van der Waals surface area contributed by atoms with Crippen LogP contribution in [0.15, 0.2) is 0 Å². The zero-order chi connectivity index (χ0) is 8.97. The van der Waals surface area contributed by atoms with Crippen LogP contribution in [0.4, 0.5) is 4.39 Å². The van der Waals surface area contributed by atoms with Crippen molar-refractivity contribution < 1.29 is 4.39 Å². The lowest BCUT2D eigenvalue weighted by molar-refractivity contribution is 0.181. The number of hydrogen-bond acceptors (Lipinski definition) is 2. The van der Waals surface area contributed by atoms with E-state index in [-0.39, 0.29) is 6.04 Å². The largest absolute Gasteiger partial charge is 0.379 e. The molecule has 0 radical (unpaired) electrons. The molecule has 0 aromatic heterocycles. The van der Waals surface area contributed by atoms with Gasteiger partial charge in [0.15, 0.2) is 0 Å². The minimum atomic E-state index is -0.990. The molecule has 0 aromatic rings. The number of nitrogens with zero attached hydrogens (tertiary/aromatic N) is 1. The Hall–Kier alpha value is -0.690. The predicted octanol–water partition coefficient (Wildman–Crippen LogP) is 1.56. The second-order valence-electron chi connectivity index (χ2n) is 3.05. The summed E-state index contributed by atoms with van der Waals surface area (Å²) in [5.74, 6) is -0.409. The van der Waals surface area contributed by atoms with Gasteiger partial charge in [-0.25, -0.2) is 4.39 Å². The molecule has 0 bridgehead atoms. The highest BCUT2D eigenvalue weighted by Gasteiger charge is 2.29. The molecule has 0 aromatic carbocycles. The Kier molecular flexibility index (Phi) is 3.42. The van der Waals surface area contributed by atoms with E-state index in [0.717, 1.165) is 6.42 Å². The molecule has 1 rings (SSSR count). The number of halogens is 1. The first kappa shape index (κ1) is 9.40. The molecule has 2 nitrogen and oxygen atoms in total. The van der Waals surface area contributed by atoms with Gasteiger partial charge in [0.1, 0.15) is 6.17 Å². The maximum absolute atomic E-state index is 13.1. The van der Waals surface area contributed by atoms with Crippen LogP contribution >= 0.6 is 12.2 Å². The third-order valence-corrected chi connectivity index (χ3v) is 2.38. The molecule has 1 aliphatic rings. The summed E-state index contributed by atoms with van der Waals surface area (Å²) in [5.41, 5.74) is 1.42. The molecule has 4 heteroatoms. The van der Waals surface area contributed by atoms with E-state index in [2.05, 4.69) is 17.5 Å². The number of nitrogens with one attached hydrogen (secondary N) is 1. The van der Waals surface area contributed by atoms with Gasteiger partial charge in [-0.2, -0.15) is 5.26 Å². The summed E-state index contributed by atoms with van der Waals surface area (Å²) < 4.78 is 13.1. The minimum absolute atomic E-state index is 0.127. The van der Waals surface area contributed by atoms with Crippen LogP contribution in [0.3, 0.4) is 0 Å². The van der Waals surface area contributed by atoms with Crippen LogP contribution in [0.5, 0.6) is 0 Å². The highest BCUT2D eigenvalue weighted by molar-refractivity contribution is 7.78. The van der Waals surface area contributed by atoms with Crippen molar-refractivity contribution >= 4 is 17.7 Å². The predicted molar refractivity (Wildman–Crippen MR) is 48.4 cm³/mol. The molecule has 3 atom stereocenters. The summed E-state index contributed by atoms with van der Waals surface area (Å²) in [5, 5.41) is 11.4. The van der Waals surface area contributed by atoms with E-state index in [1.807, 2.05) is 6.07 Å². The SMILES string of the molecule is N#CC1CC[C@@H](NC=S)CC1F. The first-order valence-corrected chi connectivity index (χ1v) is 4.48. The van der Waals surface area contributed by atoms with Crippen molar-refractivity contribution in [1.82, 2.24) is 5.32 Å². The van der Waals surface area contributed by atoms with E-state index in [4.69, 9.17) is 5.26 Å². The first-order chi connectivity index (χ1) is 5.77. The number of hydrogen-bond donors (Lipinski definition) is 1. The van der Waals surface area contributed by atoms with Crippen molar-refractivity contribution in [2.45, 2.75) is 31.5 Å². The fraction of sp³-hybridized carbons (Fsp3) is 0.750. The van der Waals surface area contributed by atoms with Crippen LogP contribution in [0.2, 0.25) is 0 Å². The smallest absolute Gasteiger partial charge is 0.118 e. The standard InChI is InChI=1S/C8H11FN2S/c9-8-3-7(11-5-12)2-1-6(8)4-10/h5-8H,1-3H2,(H,11,12)/t6?,7-,8?/m1/s1. The summed E-state index contributed by atoms with van der Waals surface area (Å²) in [4.78, 5) is 0. The molecule has 1 fully saturated rings. The number of thiocarbonyl (C=S) groups is 1. The molecule has 1 N–H and O–H groups in total. The molecule has 0 aliphatic heterocycles. The first-order valence-electron chi connectivity index (χ1n) is 4.01. The van der Waals surface area contributed by atoms with Crippen molar-refractivity contribution in [3.8, 4) is 6.07 Å². The van der Waals surface area contributed by atoms with Crippen molar-refractivity contribution in [1.29, 1.82) is 5.26 Å². The fourth-order valence-corrected chi connectivity index (χ4v) is 1.70. The quantitative estimate of drug-likeness (QED) is 0.665. The Bertz CT molecular complexity index is 202. The maximum atomic E-state index is 13.1. The van der Waals surface area contributed by atoms with Gasteiger partial charge in [0.2, 0.25) is 0 Å². The van der Waals surface area contributed by atoms with Gasteiger partial charge in [-0.3, -0.25) is 0 Å². The van der Waals surface area contributed by atoms with Gasteiger partial charge < -0.3 is 5.32 Å². The van der Waals surface area contributed by atoms with Gasteiger partial charge in [0.05, 0.1) is 17.5 Å². The number of alkyl halides is 1. The Balaban J connectivity index is 2.41. The van der Waals surface area contributed by atoms with Gasteiger partial charge in [-0.15, -0.1) is 0 Å². The van der Waals surface area contributed by atoms with Crippen LogP contribution in [-0.2, 0) is 0 Å². The molecular weight excluding hydrogens is 175 g/mol. The van der Waals surface area contributed by atoms with Crippen LogP contribution in [-0.4, -0.2) is 17.7 Å². The Morgan fingerprint density at radius 2 is 2.33 bits per heavy atom. The lowest BCUT2D eigenvalue weighted by Crippen LogP contribution is -2.37. The highest BCUT2D eigenvalue weighted by atomic mass is 32.1. The second kappa shape index (κ2) is 4.36. The minimum Gasteiger partial charge on any atom is -0.379 e. The second-order valence-corrected chi connectivity index (χ2v) is 3.28. The van der Waals surface area contributed by atoms with Crippen LogP contribution in [0.1, 0.15) is 19.3 Å². The normalized spacial score (nSPS) is 35.2. The van der Waals surface area contributed by atoms with Crippen LogP contribution in [0, 0.1) is 17.2 Å². The number of nitriles is 1. The summed E-state index contributed by atoms with van der Waals surface area (Å²) in [6.45, 7) is 0. The third kappa shape index (κ3) is 2.15. The summed E-state index contributed by atoms with van der Waals surface area (Å²) in [7, 11) is 0. The number of rotatable bonds is 2. The van der Waals surface area contributed by atoms with E-state index >= 15 is 0 Å². The van der Waals surface area contributed by atoms with Gasteiger partial charge in [-0.05, 0) is 19.3 Å². The summed E-state index contributed by atoms with van der Waals surface area (Å²) >= 11 is 4.61. The van der Waals surface area contributed by atoms with Gasteiger partial charge in [-0.1, -0.05) is 12.2 Å². The zero-order valence-electron chi connectivity index (χ0n) is 6.66. The molecule has 0 saturated heterocycles. The van der Waals surface area contributed by atoms with Crippen LogP contribution < -0.4 is 5.32 Å².